The third-order valence-corrected chi connectivity index (χ3v) is 0.841. The minimum atomic E-state index is -0.724. The molecule has 0 bridgehead atoms. The molecule has 0 heterocycles. The Morgan fingerprint density at radius 2 is 2.27 bits per heavy atom. The Balaban J connectivity index is 3.15. The molecule has 0 spiro atoms. The molecule has 1 N–H and O–H groups in total. The van der Waals surface area contributed by atoms with Crippen LogP contribution in [-0.4, -0.2) is 31.1 Å². The number of carbonyl (C=O) groups excluding carboxylic acids is 1. The van der Waals surface area contributed by atoms with Crippen molar-refractivity contribution in [3.63, 3.8) is 0 Å². The highest BCUT2D eigenvalue weighted by Gasteiger charge is 1.99. The second-order valence-electron chi connectivity index (χ2n) is 1.78. The highest BCUT2D eigenvalue weighted by atomic mass is 16.7. The second-order valence-corrected chi connectivity index (χ2v) is 1.78. The van der Waals surface area contributed by atoms with Gasteiger partial charge in [-0.1, -0.05) is 12.7 Å². The van der Waals surface area contributed by atoms with Crippen LogP contribution < -0.4 is 0 Å². The molecule has 0 fully saturated rings. The molecule has 0 aromatic rings. The zero-order valence-corrected chi connectivity index (χ0v) is 6.28. The van der Waals surface area contributed by atoms with Crippen LogP contribution in [0.5, 0.6) is 0 Å². The highest BCUT2D eigenvalue weighted by Crippen LogP contribution is 1.87. The molecule has 0 unspecified atom stereocenters. The molecule has 0 aliphatic heterocycles. The fraction of sp³-hybridized carbons (Fsp3) is 0.571. The Morgan fingerprint density at radius 3 is 2.82 bits per heavy atom. The summed E-state index contributed by atoms with van der Waals surface area (Å²) in [5, 5.41) is 8.31. The van der Waals surface area contributed by atoms with Crippen LogP contribution in [0.25, 0.3) is 0 Å². The molecule has 0 aliphatic rings. The number of hydrogen-bond acceptors (Lipinski definition) is 4. The van der Waals surface area contributed by atoms with Crippen LogP contribution in [0, 0.1) is 0 Å². The molecule has 0 aromatic heterocycles. The van der Waals surface area contributed by atoms with Crippen LogP contribution in [-0.2, 0) is 9.47 Å². The van der Waals surface area contributed by atoms with Crippen molar-refractivity contribution < 1.29 is 19.4 Å². The van der Waals surface area contributed by atoms with Gasteiger partial charge in [-0.2, -0.15) is 0 Å². The van der Waals surface area contributed by atoms with Crippen molar-refractivity contribution in [2.75, 3.05) is 19.8 Å². The summed E-state index contributed by atoms with van der Waals surface area (Å²) in [5.74, 6) is 0. The maximum absolute atomic E-state index is 10.5. The van der Waals surface area contributed by atoms with Gasteiger partial charge in [-0.25, -0.2) is 4.79 Å². The number of aliphatic hydroxyl groups excluding tert-OH is 1. The number of carbonyl (C=O) groups is 1. The van der Waals surface area contributed by atoms with Crippen molar-refractivity contribution in [1.82, 2.24) is 0 Å². The number of ether oxygens (including phenoxy) is 2. The monoisotopic (exact) mass is 160 g/mol. The summed E-state index contributed by atoms with van der Waals surface area (Å²) in [6.07, 6.45) is 1.16. The lowest BCUT2D eigenvalue weighted by atomic mass is 10.5. The molecule has 0 rings (SSSR count). The average molecular weight is 160 g/mol. The lowest BCUT2D eigenvalue weighted by Gasteiger charge is -2.01. The first-order valence-electron chi connectivity index (χ1n) is 3.32. The van der Waals surface area contributed by atoms with Crippen LogP contribution in [0.3, 0.4) is 0 Å². The minimum Gasteiger partial charge on any atom is -0.434 e. The van der Waals surface area contributed by atoms with E-state index in [1.807, 2.05) is 0 Å². The van der Waals surface area contributed by atoms with E-state index in [1.54, 1.807) is 0 Å². The third-order valence-electron chi connectivity index (χ3n) is 0.841. The summed E-state index contributed by atoms with van der Waals surface area (Å²) in [6, 6.07) is 0. The predicted octanol–water partition coefficient (Wildman–Crippen LogP) is 0.708. The lowest BCUT2D eigenvalue weighted by Crippen LogP contribution is -2.09. The van der Waals surface area contributed by atoms with E-state index in [1.165, 1.54) is 6.08 Å². The Bertz CT molecular complexity index is 122. The largest absolute Gasteiger partial charge is 0.508 e. The number of hydrogen-bond donors (Lipinski definition) is 1. The van der Waals surface area contributed by atoms with Gasteiger partial charge in [0.1, 0.15) is 6.61 Å². The van der Waals surface area contributed by atoms with Crippen molar-refractivity contribution >= 4 is 6.16 Å². The third kappa shape index (κ3) is 6.86. The first-order chi connectivity index (χ1) is 5.31. The SMILES string of the molecule is C=CCOC(=O)OCCCO. The molecule has 11 heavy (non-hydrogen) atoms. The Labute approximate surface area is 65.4 Å². The lowest BCUT2D eigenvalue weighted by molar-refractivity contribution is 0.0589. The summed E-state index contributed by atoms with van der Waals surface area (Å²) in [4.78, 5) is 10.5. The Kier molecular flexibility index (Phi) is 6.42. The van der Waals surface area contributed by atoms with Crippen molar-refractivity contribution in [1.29, 1.82) is 0 Å². The van der Waals surface area contributed by atoms with Crippen molar-refractivity contribution in [3.8, 4) is 0 Å². The highest BCUT2D eigenvalue weighted by molar-refractivity contribution is 5.59. The van der Waals surface area contributed by atoms with E-state index in [0.717, 1.165) is 0 Å². The predicted molar refractivity (Wildman–Crippen MR) is 39.2 cm³/mol. The molecule has 0 aliphatic carbocycles. The maximum Gasteiger partial charge on any atom is 0.508 e. The van der Waals surface area contributed by atoms with Gasteiger partial charge in [0.15, 0.2) is 0 Å². The summed E-state index contributed by atoms with van der Waals surface area (Å²) in [6.45, 7) is 3.70. The van der Waals surface area contributed by atoms with Gasteiger partial charge in [-0.3, -0.25) is 0 Å². The van der Waals surface area contributed by atoms with E-state index in [-0.39, 0.29) is 19.8 Å². The molecule has 64 valence electrons. The molecule has 0 saturated heterocycles. The fourth-order valence-corrected chi connectivity index (χ4v) is 0.389. The van der Waals surface area contributed by atoms with Gasteiger partial charge in [0.05, 0.1) is 6.61 Å². The summed E-state index contributed by atoms with van der Waals surface area (Å²) in [7, 11) is 0. The molecular weight excluding hydrogens is 148 g/mol. The van der Waals surface area contributed by atoms with Gasteiger partial charge in [0.25, 0.3) is 0 Å². The number of aliphatic hydroxyl groups is 1. The van der Waals surface area contributed by atoms with E-state index >= 15 is 0 Å². The average Bonchev–Trinajstić information content (AvgIpc) is 2.01. The van der Waals surface area contributed by atoms with Crippen LogP contribution in [0.15, 0.2) is 12.7 Å². The quantitative estimate of drug-likeness (QED) is 0.365. The molecule has 0 amide bonds. The van der Waals surface area contributed by atoms with Gasteiger partial charge in [-0.05, 0) is 0 Å². The molecule has 0 atom stereocenters. The minimum absolute atomic E-state index is 0.00867. The number of rotatable bonds is 5. The van der Waals surface area contributed by atoms with E-state index in [9.17, 15) is 4.79 Å². The van der Waals surface area contributed by atoms with Crippen LogP contribution in [0.1, 0.15) is 6.42 Å². The summed E-state index contributed by atoms with van der Waals surface area (Å²) >= 11 is 0. The molecule has 4 nitrogen and oxygen atoms in total. The molecule has 4 heteroatoms. The van der Waals surface area contributed by atoms with E-state index < -0.39 is 6.16 Å². The standard InChI is InChI=1S/C7H12O4/c1-2-5-10-7(9)11-6-3-4-8/h2,8H,1,3-6H2. The van der Waals surface area contributed by atoms with Crippen molar-refractivity contribution in [2.45, 2.75) is 6.42 Å². The van der Waals surface area contributed by atoms with Gasteiger partial charge in [0, 0.05) is 13.0 Å². The van der Waals surface area contributed by atoms with E-state index in [0.29, 0.717) is 6.42 Å². The van der Waals surface area contributed by atoms with Gasteiger partial charge in [-0.15, -0.1) is 0 Å². The fourth-order valence-electron chi connectivity index (χ4n) is 0.389. The maximum atomic E-state index is 10.5. The molecule has 0 aromatic carbocycles. The van der Waals surface area contributed by atoms with Crippen LogP contribution >= 0.6 is 0 Å². The normalized spacial score (nSPS) is 8.82. The van der Waals surface area contributed by atoms with Crippen molar-refractivity contribution in [3.05, 3.63) is 12.7 Å². The van der Waals surface area contributed by atoms with Gasteiger partial charge in [0.2, 0.25) is 0 Å². The smallest absolute Gasteiger partial charge is 0.434 e. The van der Waals surface area contributed by atoms with Crippen molar-refractivity contribution in [2.24, 2.45) is 0 Å². The van der Waals surface area contributed by atoms with Gasteiger partial charge < -0.3 is 14.6 Å². The zero-order valence-electron chi connectivity index (χ0n) is 6.28. The summed E-state index contributed by atoms with van der Waals surface area (Å²) in [5.41, 5.74) is 0. The topological polar surface area (TPSA) is 55.8 Å². The molecule has 0 radical (unpaired) electrons. The molecule has 0 saturated carbocycles. The second kappa shape index (κ2) is 7.08. The Morgan fingerprint density at radius 1 is 1.55 bits per heavy atom. The zero-order chi connectivity index (χ0) is 8.53. The first kappa shape index (κ1) is 9.97. The molecular formula is C7H12O4. The Hall–Kier alpha value is -1.03. The first-order valence-corrected chi connectivity index (χ1v) is 3.32. The van der Waals surface area contributed by atoms with Crippen LogP contribution in [0.2, 0.25) is 0 Å². The van der Waals surface area contributed by atoms with Crippen LogP contribution in [0.4, 0.5) is 4.79 Å². The summed E-state index contributed by atoms with van der Waals surface area (Å²) < 4.78 is 8.99. The van der Waals surface area contributed by atoms with Gasteiger partial charge >= 0.3 is 6.16 Å². The van der Waals surface area contributed by atoms with E-state index in [4.69, 9.17) is 5.11 Å². The van der Waals surface area contributed by atoms with E-state index in [2.05, 4.69) is 16.1 Å².